The van der Waals surface area contributed by atoms with E-state index in [9.17, 15) is 14.9 Å². The van der Waals surface area contributed by atoms with Gasteiger partial charge < -0.3 is 4.74 Å². The molecule has 7 nitrogen and oxygen atoms in total. The fraction of sp³-hybridized carbons (Fsp3) is 0.778. The number of fused-ring (bicyclic) bond motifs is 1. The lowest BCUT2D eigenvalue weighted by Gasteiger charge is -2.38. The van der Waals surface area contributed by atoms with E-state index in [4.69, 9.17) is 4.74 Å². The molecule has 0 saturated heterocycles. The minimum Gasteiger partial charge on any atom is -0.462 e. The van der Waals surface area contributed by atoms with Crippen LogP contribution < -0.4 is 0 Å². The number of ether oxygens (including phenoxy) is 1. The van der Waals surface area contributed by atoms with Gasteiger partial charge in [-0.05, 0) is 44.9 Å². The molecular formula is C18H27N3O4. The van der Waals surface area contributed by atoms with Gasteiger partial charge in [-0.2, -0.15) is 5.10 Å². The van der Waals surface area contributed by atoms with Gasteiger partial charge in [0.05, 0.1) is 17.9 Å². The zero-order valence-corrected chi connectivity index (χ0v) is 15.1. The Hall–Kier alpha value is -1.92. The van der Waals surface area contributed by atoms with E-state index < -0.39 is 4.92 Å². The Bertz CT molecular complexity index is 655. The molecule has 0 spiro atoms. The van der Waals surface area contributed by atoms with E-state index in [2.05, 4.69) is 5.10 Å². The number of carbonyl (C=O) groups is 1. The molecule has 2 saturated carbocycles. The second-order valence-corrected chi connectivity index (χ2v) is 7.48. The van der Waals surface area contributed by atoms with Gasteiger partial charge in [-0.25, -0.2) is 0 Å². The van der Waals surface area contributed by atoms with Crippen LogP contribution in [0.1, 0.15) is 62.8 Å². The van der Waals surface area contributed by atoms with Crippen LogP contribution >= 0.6 is 0 Å². The zero-order chi connectivity index (χ0) is 18.0. The van der Waals surface area contributed by atoms with Crippen LogP contribution in [-0.2, 0) is 16.1 Å². The zero-order valence-electron chi connectivity index (χ0n) is 15.1. The number of carbonyl (C=O) groups excluding carboxylic acids is 1. The topological polar surface area (TPSA) is 87.3 Å². The highest BCUT2D eigenvalue weighted by Gasteiger charge is 2.33. The van der Waals surface area contributed by atoms with Crippen molar-refractivity contribution in [3.8, 4) is 0 Å². The molecule has 1 heterocycles. The van der Waals surface area contributed by atoms with Gasteiger partial charge in [-0.15, -0.1) is 0 Å². The summed E-state index contributed by atoms with van der Waals surface area (Å²) in [5, 5.41) is 15.2. The third-order valence-electron chi connectivity index (χ3n) is 5.84. The molecule has 3 rings (SSSR count). The van der Waals surface area contributed by atoms with Gasteiger partial charge in [0.15, 0.2) is 0 Å². The molecule has 0 N–H and O–H groups in total. The first-order valence-corrected chi connectivity index (χ1v) is 9.33. The summed E-state index contributed by atoms with van der Waals surface area (Å²) in [6, 6.07) is 0. The Morgan fingerprint density at radius 3 is 2.64 bits per heavy atom. The maximum absolute atomic E-state index is 12.2. The third-order valence-corrected chi connectivity index (χ3v) is 5.84. The van der Waals surface area contributed by atoms with Gasteiger partial charge in [0, 0.05) is 0 Å². The van der Waals surface area contributed by atoms with Crippen molar-refractivity contribution in [1.82, 2.24) is 9.78 Å². The first kappa shape index (κ1) is 17.9. The summed E-state index contributed by atoms with van der Waals surface area (Å²) < 4.78 is 7.21. The maximum atomic E-state index is 12.2. The number of esters is 1. The van der Waals surface area contributed by atoms with Gasteiger partial charge in [0.1, 0.15) is 17.5 Å². The normalized spacial score (nSPS) is 26.1. The van der Waals surface area contributed by atoms with E-state index in [1.54, 1.807) is 13.8 Å². The smallest absolute Gasteiger partial charge is 0.312 e. The average molecular weight is 349 g/mol. The third kappa shape index (κ3) is 4.02. The predicted octanol–water partition coefficient (Wildman–Crippen LogP) is 3.70. The lowest BCUT2D eigenvalue weighted by atomic mass is 9.70. The number of aryl methyl sites for hydroxylation is 2. The number of hydrogen-bond donors (Lipinski definition) is 0. The van der Waals surface area contributed by atoms with E-state index in [1.165, 1.54) is 36.8 Å². The second kappa shape index (κ2) is 7.54. The Morgan fingerprint density at radius 1 is 1.24 bits per heavy atom. The molecule has 0 aliphatic heterocycles. The lowest BCUT2D eigenvalue weighted by molar-refractivity contribution is -0.386. The van der Waals surface area contributed by atoms with Crippen molar-refractivity contribution in [3.63, 3.8) is 0 Å². The number of nitrogens with zero attached hydrogens (tertiary/aromatic N) is 3. The molecule has 1 aromatic rings. The molecule has 138 valence electrons. The second-order valence-electron chi connectivity index (χ2n) is 7.48. The van der Waals surface area contributed by atoms with E-state index in [1.807, 2.05) is 0 Å². The quantitative estimate of drug-likeness (QED) is 0.459. The van der Waals surface area contributed by atoms with Crippen LogP contribution in [-0.4, -0.2) is 26.8 Å². The van der Waals surface area contributed by atoms with Crippen molar-refractivity contribution in [3.05, 3.63) is 21.5 Å². The highest BCUT2D eigenvalue weighted by atomic mass is 16.6. The van der Waals surface area contributed by atoms with E-state index in [0.29, 0.717) is 17.9 Å². The van der Waals surface area contributed by atoms with E-state index >= 15 is 0 Å². The molecule has 2 fully saturated rings. The maximum Gasteiger partial charge on any atom is 0.312 e. The molecule has 7 heteroatoms. The molecule has 2 aliphatic rings. The number of hydrogen-bond acceptors (Lipinski definition) is 5. The molecule has 0 amide bonds. The Kier molecular flexibility index (Phi) is 5.39. The fourth-order valence-electron chi connectivity index (χ4n) is 4.55. The Morgan fingerprint density at radius 2 is 1.96 bits per heavy atom. The Balaban J connectivity index is 1.50. The summed E-state index contributed by atoms with van der Waals surface area (Å²) in [6.45, 7) is 3.59. The van der Waals surface area contributed by atoms with Gasteiger partial charge >= 0.3 is 11.7 Å². The minimum absolute atomic E-state index is 0.0315. The average Bonchev–Trinajstić information content (AvgIpc) is 2.86. The molecule has 3 unspecified atom stereocenters. The van der Waals surface area contributed by atoms with Crippen LogP contribution in [0.15, 0.2) is 0 Å². The van der Waals surface area contributed by atoms with Gasteiger partial charge in [0.2, 0.25) is 0 Å². The molecule has 1 aromatic heterocycles. The van der Waals surface area contributed by atoms with Crippen molar-refractivity contribution >= 4 is 11.7 Å². The molecule has 0 aromatic carbocycles. The number of aromatic nitrogens is 2. The van der Waals surface area contributed by atoms with Gasteiger partial charge in [0.25, 0.3) is 0 Å². The van der Waals surface area contributed by atoms with Crippen LogP contribution in [0.3, 0.4) is 0 Å². The van der Waals surface area contributed by atoms with Crippen molar-refractivity contribution in [2.24, 2.45) is 11.8 Å². The molecular weight excluding hydrogens is 322 g/mol. The largest absolute Gasteiger partial charge is 0.462 e. The summed E-state index contributed by atoms with van der Waals surface area (Å²) in [5.41, 5.74) is 0.897. The summed E-state index contributed by atoms with van der Waals surface area (Å²) in [6.07, 6.45) is 8.65. The van der Waals surface area contributed by atoms with Crippen LogP contribution in [0.25, 0.3) is 0 Å². The summed E-state index contributed by atoms with van der Waals surface area (Å²) in [5.74, 6) is 1.33. The van der Waals surface area contributed by atoms with E-state index in [0.717, 1.165) is 24.7 Å². The molecule has 25 heavy (non-hydrogen) atoms. The van der Waals surface area contributed by atoms with Crippen LogP contribution in [0, 0.1) is 35.8 Å². The van der Waals surface area contributed by atoms with Crippen LogP contribution in [0.5, 0.6) is 0 Å². The van der Waals surface area contributed by atoms with Crippen LogP contribution in [0.4, 0.5) is 5.69 Å². The Labute approximate surface area is 147 Å². The summed E-state index contributed by atoms with van der Waals surface area (Å²) >= 11 is 0. The van der Waals surface area contributed by atoms with Gasteiger partial charge in [-0.1, -0.05) is 25.7 Å². The first-order chi connectivity index (χ1) is 12.0. The SMILES string of the molecule is Cc1nn(CCC(=O)OC2CCC3CCCCC3C2)c(C)c1[N+](=O)[O-]. The first-order valence-electron chi connectivity index (χ1n) is 9.33. The minimum atomic E-state index is -0.422. The summed E-state index contributed by atoms with van der Waals surface area (Å²) in [4.78, 5) is 22.8. The van der Waals surface area contributed by atoms with Crippen molar-refractivity contribution in [2.45, 2.75) is 77.9 Å². The number of rotatable bonds is 5. The highest BCUT2D eigenvalue weighted by Crippen LogP contribution is 2.41. The summed E-state index contributed by atoms with van der Waals surface area (Å²) in [7, 11) is 0. The number of nitro groups is 1. The van der Waals surface area contributed by atoms with Crippen molar-refractivity contribution in [1.29, 1.82) is 0 Å². The van der Waals surface area contributed by atoms with Crippen molar-refractivity contribution in [2.75, 3.05) is 0 Å². The molecule has 0 bridgehead atoms. The predicted molar refractivity (Wildman–Crippen MR) is 92.2 cm³/mol. The highest BCUT2D eigenvalue weighted by molar-refractivity contribution is 5.69. The van der Waals surface area contributed by atoms with Crippen LogP contribution in [0.2, 0.25) is 0 Å². The molecule has 2 aliphatic carbocycles. The van der Waals surface area contributed by atoms with Crippen molar-refractivity contribution < 1.29 is 14.5 Å². The van der Waals surface area contributed by atoms with E-state index in [-0.39, 0.29) is 24.2 Å². The monoisotopic (exact) mass is 349 g/mol. The molecule has 0 radical (unpaired) electrons. The molecule has 3 atom stereocenters. The lowest BCUT2D eigenvalue weighted by Crippen LogP contribution is -2.33. The van der Waals surface area contributed by atoms with Gasteiger partial charge in [-0.3, -0.25) is 19.6 Å². The standard InChI is InChI=1S/C18H27N3O4/c1-12-18(21(23)24)13(2)20(19-12)10-9-17(22)25-16-8-7-14-5-3-4-6-15(14)11-16/h14-16H,3-11H2,1-2H3. The fourth-order valence-corrected chi connectivity index (χ4v) is 4.55.